The van der Waals surface area contributed by atoms with Gasteiger partial charge in [0.15, 0.2) is 0 Å². The van der Waals surface area contributed by atoms with Crippen LogP contribution in [0.1, 0.15) is 43.2 Å². The second-order valence-corrected chi connectivity index (χ2v) is 9.24. The first-order chi connectivity index (χ1) is 12.5. The Hall–Kier alpha value is -1.44. The summed E-state index contributed by atoms with van der Waals surface area (Å²) in [5, 5.41) is 2.99. The number of hydrogen-bond donors (Lipinski definition) is 1. The van der Waals surface area contributed by atoms with Gasteiger partial charge in [-0.05, 0) is 43.7 Å². The minimum atomic E-state index is -3.44. The molecule has 3 rings (SSSR count). The van der Waals surface area contributed by atoms with Gasteiger partial charge in [0.1, 0.15) is 0 Å². The van der Waals surface area contributed by atoms with E-state index in [1.165, 1.54) is 4.31 Å². The number of nitrogens with one attached hydrogen (secondary N) is 1. The highest BCUT2D eigenvalue weighted by Crippen LogP contribution is 2.23. The summed E-state index contributed by atoms with van der Waals surface area (Å²) < 4.78 is 28.8. The number of aryl methyl sites for hydroxylation is 1. The van der Waals surface area contributed by atoms with Crippen molar-refractivity contribution in [3.8, 4) is 0 Å². The zero-order valence-corrected chi connectivity index (χ0v) is 16.3. The number of piperidine rings is 2. The molecule has 1 aromatic rings. The predicted molar refractivity (Wildman–Crippen MR) is 102 cm³/mol. The number of nitrogens with zero attached hydrogens (tertiary/aromatic N) is 2. The quantitative estimate of drug-likeness (QED) is 0.851. The number of carbonyl (C=O) groups excluding carboxylic acids is 1. The Morgan fingerprint density at radius 1 is 1.08 bits per heavy atom. The molecule has 1 amide bonds. The van der Waals surface area contributed by atoms with Gasteiger partial charge in [0.2, 0.25) is 5.91 Å². The molecule has 0 radical (unpaired) electrons. The maximum absolute atomic E-state index is 12.9. The summed E-state index contributed by atoms with van der Waals surface area (Å²) in [6.45, 7) is 4.51. The van der Waals surface area contributed by atoms with E-state index in [0.29, 0.717) is 32.7 Å². The molecular formula is C19H29N3O3S. The van der Waals surface area contributed by atoms with Crippen LogP contribution in [0.25, 0.3) is 0 Å². The van der Waals surface area contributed by atoms with Crippen molar-refractivity contribution < 1.29 is 13.2 Å². The van der Waals surface area contributed by atoms with Gasteiger partial charge in [-0.25, -0.2) is 0 Å². The van der Waals surface area contributed by atoms with Gasteiger partial charge < -0.3 is 5.32 Å². The van der Waals surface area contributed by atoms with Gasteiger partial charge in [-0.1, -0.05) is 30.7 Å². The van der Waals surface area contributed by atoms with E-state index in [-0.39, 0.29) is 11.8 Å². The highest BCUT2D eigenvalue weighted by Gasteiger charge is 2.36. The van der Waals surface area contributed by atoms with Crippen LogP contribution < -0.4 is 5.32 Å². The number of carbonyl (C=O) groups is 1. The van der Waals surface area contributed by atoms with Crippen LogP contribution in [0.5, 0.6) is 0 Å². The molecule has 2 fully saturated rings. The molecule has 0 aromatic heterocycles. The molecule has 2 aliphatic rings. The lowest BCUT2D eigenvalue weighted by atomic mass is 9.98. The minimum Gasteiger partial charge on any atom is -0.352 e. The SMILES string of the molecule is Cc1ccccc1CNC(=O)[C@H]1CCCN(S(=O)(=O)N2CCCCC2)C1. The molecular weight excluding hydrogens is 350 g/mol. The van der Waals surface area contributed by atoms with Gasteiger partial charge in [0, 0.05) is 32.7 Å². The van der Waals surface area contributed by atoms with Gasteiger partial charge >= 0.3 is 0 Å². The number of rotatable bonds is 5. The molecule has 7 heteroatoms. The fourth-order valence-corrected chi connectivity index (χ4v) is 5.53. The van der Waals surface area contributed by atoms with E-state index in [1.807, 2.05) is 31.2 Å². The maximum Gasteiger partial charge on any atom is 0.281 e. The molecule has 1 N–H and O–H groups in total. The topological polar surface area (TPSA) is 69.7 Å². The van der Waals surface area contributed by atoms with Crippen LogP contribution in [0.2, 0.25) is 0 Å². The lowest BCUT2D eigenvalue weighted by molar-refractivity contribution is -0.126. The molecule has 1 atom stereocenters. The second kappa shape index (κ2) is 8.50. The van der Waals surface area contributed by atoms with Gasteiger partial charge in [-0.2, -0.15) is 17.0 Å². The largest absolute Gasteiger partial charge is 0.352 e. The molecule has 0 spiro atoms. The molecule has 0 saturated carbocycles. The van der Waals surface area contributed by atoms with E-state index in [2.05, 4.69) is 5.32 Å². The Kier molecular flexibility index (Phi) is 6.32. The average Bonchev–Trinajstić information content (AvgIpc) is 2.68. The van der Waals surface area contributed by atoms with E-state index < -0.39 is 10.2 Å². The number of hydrogen-bond acceptors (Lipinski definition) is 3. The second-order valence-electron chi connectivity index (χ2n) is 7.31. The summed E-state index contributed by atoms with van der Waals surface area (Å²) in [6.07, 6.45) is 4.41. The number of benzene rings is 1. The molecule has 2 heterocycles. The van der Waals surface area contributed by atoms with E-state index in [4.69, 9.17) is 0 Å². The molecule has 0 aliphatic carbocycles. The summed E-state index contributed by atoms with van der Waals surface area (Å²) >= 11 is 0. The Morgan fingerprint density at radius 2 is 1.77 bits per heavy atom. The Balaban J connectivity index is 1.59. The van der Waals surface area contributed by atoms with Crippen LogP contribution in [0, 0.1) is 12.8 Å². The van der Waals surface area contributed by atoms with Crippen molar-refractivity contribution in [1.29, 1.82) is 0 Å². The van der Waals surface area contributed by atoms with Gasteiger partial charge in [-0.3, -0.25) is 4.79 Å². The minimum absolute atomic E-state index is 0.0493. The van der Waals surface area contributed by atoms with E-state index >= 15 is 0 Å². The lowest BCUT2D eigenvalue weighted by Crippen LogP contribution is -2.51. The van der Waals surface area contributed by atoms with Gasteiger partial charge in [0.25, 0.3) is 10.2 Å². The molecule has 26 heavy (non-hydrogen) atoms. The van der Waals surface area contributed by atoms with Crippen LogP contribution in [0.3, 0.4) is 0 Å². The van der Waals surface area contributed by atoms with Gasteiger partial charge in [0.05, 0.1) is 5.92 Å². The summed E-state index contributed by atoms with van der Waals surface area (Å²) in [5.74, 6) is -0.320. The zero-order chi connectivity index (χ0) is 18.6. The molecule has 144 valence electrons. The summed E-state index contributed by atoms with van der Waals surface area (Å²) in [6, 6.07) is 7.96. The summed E-state index contributed by atoms with van der Waals surface area (Å²) in [7, 11) is -3.44. The first-order valence-corrected chi connectivity index (χ1v) is 11.0. The smallest absolute Gasteiger partial charge is 0.281 e. The highest BCUT2D eigenvalue weighted by atomic mass is 32.2. The molecule has 2 saturated heterocycles. The van der Waals surface area contributed by atoms with Crippen LogP contribution >= 0.6 is 0 Å². The first kappa shape index (κ1) is 19.3. The van der Waals surface area contributed by atoms with Crippen molar-refractivity contribution in [2.75, 3.05) is 26.2 Å². The third-order valence-electron chi connectivity index (χ3n) is 5.44. The van der Waals surface area contributed by atoms with Crippen molar-refractivity contribution in [2.24, 2.45) is 5.92 Å². The summed E-state index contributed by atoms with van der Waals surface area (Å²) in [4.78, 5) is 12.6. The van der Waals surface area contributed by atoms with Crippen molar-refractivity contribution in [1.82, 2.24) is 13.9 Å². The monoisotopic (exact) mass is 379 g/mol. The molecule has 0 unspecified atom stereocenters. The van der Waals surface area contributed by atoms with E-state index in [9.17, 15) is 13.2 Å². The zero-order valence-electron chi connectivity index (χ0n) is 15.5. The standard InChI is InChI=1S/C19H29N3O3S/c1-16-8-3-4-9-17(16)14-20-19(23)18-10-7-13-22(15-18)26(24,25)21-11-5-2-6-12-21/h3-4,8-9,18H,2,5-7,10-15H2,1H3,(H,20,23)/t18-/m0/s1. The Morgan fingerprint density at radius 3 is 2.50 bits per heavy atom. The van der Waals surface area contributed by atoms with Crippen molar-refractivity contribution >= 4 is 16.1 Å². The normalized spacial score (nSPS) is 22.9. The van der Waals surface area contributed by atoms with E-state index in [0.717, 1.165) is 43.2 Å². The predicted octanol–water partition coefficient (Wildman–Crippen LogP) is 2.05. The van der Waals surface area contributed by atoms with Crippen LogP contribution in [-0.4, -0.2) is 49.1 Å². The third-order valence-corrected chi connectivity index (χ3v) is 7.44. The highest BCUT2D eigenvalue weighted by molar-refractivity contribution is 7.86. The Bertz CT molecular complexity index is 729. The average molecular weight is 380 g/mol. The molecule has 2 aliphatic heterocycles. The summed E-state index contributed by atoms with van der Waals surface area (Å²) in [5.41, 5.74) is 2.24. The van der Waals surface area contributed by atoms with Crippen molar-refractivity contribution in [2.45, 2.75) is 45.6 Å². The fraction of sp³-hybridized carbons (Fsp3) is 0.632. The number of amides is 1. The van der Waals surface area contributed by atoms with E-state index in [1.54, 1.807) is 4.31 Å². The molecule has 6 nitrogen and oxygen atoms in total. The molecule has 0 bridgehead atoms. The van der Waals surface area contributed by atoms with Gasteiger partial charge in [-0.15, -0.1) is 0 Å². The lowest BCUT2D eigenvalue weighted by Gasteiger charge is -2.36. The first-order valence-electron chi connectivity index (χ1n) is 9.56. The van der Waals surface area contributed by atoms with Crippen LogP contribution in [0.15, 0.2) is 24.3 Å². The fourth-order valence-electron chi connectivity index (χ4n) is 3.76. The van der Waals surface area contributed by atoms with Crippen LogP contribution in [0.4, 0.5) is 0 Å². The van der Waals surface area contributed by atoms with Crippen LogP contribution in [-0.2, 0) is 21.5 Å². The maximum atomic E-state index is 12.9. The van der Waals surface area contributed by atoms with Crippen molar-refractivity contribution in [3.05, 3.63) is 35.4 Å². The third kappa shape index (κ3) is 4.45. The van der Waals surface area contributed by atoms with Crippen molar-refractivity contribution in [3.63, 3.8) is 0 Å². The molecule has 1 aromatic carbocycles. The Labute approximate surface area is 156 Å².